The van der Waals surface area contributed by atoms with Gasteiger partial charge in [-0.05, 0) is 55.8 Å². The van der Waals surface area contributed by atoms with Crippen LogP contribution in [0.25, 0.3) is 11.0 Å². The third-order valence-corrected chi connectivity index (χ3v) is 4.93. The molecule has 0 unspecified atom stereocenters. The predicted octanol–water partition coefficient (Wildman–Crippen LogP) is 3.90. The van der Waals surface area contributed by atoms with E-state index in [2.05, 4.69) is 18.8 Å². The second-order valence-electron chi connectivity index (χ2n) is 6.88. The Hall–Kier alpha value is -2.31. The minimum absolute atomic E-state index is 0.0506. The Kier molecular flexibility index (Phi) is 5.87. The van der Waals surface area contributed by atoms with Gasteiger partial charge < -0.3 is 18.8 Å². The average Bonchev–Trinajstić information content (AvgIpc) is 3.18. The van der Waals surface area contributed by atoms with E-state index in [-0.39, 0.29) is 11.9 Å². The van der Waals surface area contributed by atoms with E-state index < -0.39 is 0 Å². The molecule has 1 amide bonds. The Bertz CT molecular complexity index is 945. The number of amides is 1. The molecule has 2 aromatic heterocycles. The molecule has 0 atom stereocenters. The number of benzene rings is 1. The molecule has 144 valence electrons. The van der Waals surface area contributed by atoms with E-state index >= 15 is 0 Å². The van der Waals surface area contributed by atoms with E-state index in [9.17, 15) is 4.79 Å². The number of hydrogen-bond donors (Lipinski definition) is 0. The molecule has 0 radical (unpaired) electrons. The van der Waals surface area contributed by atoms with E-state index in [0.29, 0.717) is 30.5 Å². The van der Waals surface area contributed by atoms with Crippen LogP contribution in [-0.4, -0.2) is 45.2 Å². The number of ether oxygens (including phenoxy) is 1. The highest BCUT2D eigenvalue weighted by Crippen LogP contribution is 2.25. The van der Waals surface area contributed by atoms with Crippen molar-refractivity contribution in [1.82, 2.24) is 19.0 Å². The molecule has 0 aliphatic heterocycles. The molecule has 27 heavy (non-hydrogen) atoms. The van der Waals surface area contributed by atoms with Crippen molar-refractivity contribution in [3.63, 3.8) is 0 Å². The van der Waals surface area contributed by atoms with E-state index in [4.69, 9.17) is 16.3 Å². The molecule has 7 heteroatoms. The molecule has 0 spiro atoms. The van der Waals surface area contributed by atoms with Gasteiger partial charge in [0.05, 0.1) is 24.2 Å². The maximum absolute atomic E-state index is 13.2. The van der Waals surface area contributed by atoms with Crippen LogP contribution in [0.15, 0.2) is 36.5 Å². The van der Waals surface area contributed by atoms with Crippen LogP contribution < -0.4 is 0 Å². The van der Waals surface area contributed by atoms with Gasteiger partial charge in [-0.25, -0.2) is 4.98 Å². The van der Waals surface area contributed by atoms with Gasteiger partial charge in [0.25, 0.3) is 5.91 Å². The molecule has 0 saturated carbocycles. The number of hydrogen-bond acceptors (Lipinski definition) is 3. The summed E-state index contributed by atoms with van der Waals surface area (Å²) in [5, 5.41) is 0.435. The number of rotatable bonds is 7. The summed E-state index contributed by atoms with van der Waals surface area (Å²) in [6.45, 7) is 5.62. The summed E-state index contributed by atoms with van der Waals surface area (Å²) in [5.41, 5.74) is 3.31. The normalized spacial score (nSPS) is 11.5. The molecule has 0 aliphatic rings. The van der Waals surface area contributed by atoms with Crippen molar-refractivity contribution in [3.8, 4) is 0 Å². The molecule has 6 nitrogen and oxygen atoms in total. The monoisotopic (exact) mass is 388 g/mol. The number of imidazole rings is 1. The maximum Gasteiger partial charge on any atom is 0.254 e. The van der Waals surface area contributed by atoms with Crippen LogP contribution in [0.4, 0.5) is 0 Å². The molecule has 0 N–H and O–H groups in total. The van der Waals surface area contributed by atoms with Crippen molar-refractivity contribution in [1.29, 1.82) is 0 Å². The molecule has 3 aromatic rings. The van der Waals surface area contributed by atoms with E-state index in [0.717, 1.165) is 16.7 Å². The number of aryl methyl sites for hydroxylation is 1. The Morgan fingerprint density at radius 3 is 2.74 bits per heavy atom. The van der Waals surface area contributed by atoms with Gasteiger partial charge in [-0.1, -0.05) is 0 Å². The number of carbonyl (C=O) groups is 1. The van der Waals surface area contributed by atoms with Gasteiger partial charge in [0.1, 0.15) is 0 Å². The number of methoxy groups -OCH3 is 1. The lowest BCUT2D eigenvalue weighted by Crippen LogP contribution is -2.34. The lowest BCUT2D eigenvalue weighted by atomic mass is 10.1. The van der Waals surface area contributed by atoms with Gasteiger partial charge in [0.15, 0.2) is 0 Å². The lowest BCUT2D eigenvalue weighted by molar-refractivity contribution is 0.0676. The Morgan fingerprint density at radius 2 is 2.11 bits per heavy atom. The van der Waals surface area contributed by atoms with E-state index in [1.165, 1.54) is 0 Å². The lowest BCUT2D eigenvalue weighted by Gasteiger charge is -2.23. The van der Waals surface area contributed by atoms with Crippen molar-refractivity contribution in [2.75, 3.05) is 20.3 Å². The molecule has 0 fully saturated rings. The van der Waals surface area contributed by atoms with Gasteiger partial charge in [0, 0.05) is 44.2 Å². The van der Waals surface area contributed by atoms with Crippen molar-refractivity contribution >= 4 is 28.5 Å². The fourth-order valence-electron chi connectivity index (χ4n) is 3.19. The van der Waals surface area contributed by atoms with Gasteiger partial charge in [0.2, 0.25) is 5.28 Å². The Labute approximate surface area is 164 Å². The summed E-state index contributed by atoms with van der Waals surface area (Å²) >= 11 is 6.28. The first-order valence-electron chi connectivity index (χ1n) is 8.98. The van der Waals surface area contributed by atoms with Crippen LogP contribution in [0, 0.1) is 0 Å². The molecular weight excluding hydrogens is 364 g/mol. The van der Waals surface area contributed by atoms with Crippen LogP contribution in [0.5, 0.6) is 0 Å². The van der Waals surface area contributed by atoms with E-state index in [1.54, 1.807) is 12.0 Å². The van der Waals surface area contributed by atoms with Gasteiger partial charge in [-0.15, -0.1) is 0 Å². The quantitative estimate of drug-likeness (QED) is 0.616. The fourth-order valence-corrected chi connectivity index (χ4v) is 3.56. The van der Waals surface area contributed by atoms with Crippen molar-refractivity contribution in [2.24, 2.45) is 7.05 Å². The predicted molar refractivity (Wildman–Crippen MR) is 107 cm³/mol. The molecular formula is C20H25ClN4O2. The minimum Gasteiger partial charge on any atom is -0.383 e. The number of aromatic nitrogens is 3. The standard InChI is InChI=1S/C20H25ClN4O2/c1-14(2)25-18-8-7-15(12-17(18)22-20(25)21)19(26)24(10-11-27-4)13-16-6-5-9-23(16)3/h5-9,12,14H,10-11,13H2,1-4H3. The summed E-state index contributed by atoms with van der Waals surface area (Å²) in [6, 6.07) is 9.75. The molecule has 1 aromatic carbocycles. The highest BCUT2D eigenvalue weighted by molar-refractivity contribution is 6.29. The number of fused-ring (bicyclic) bond motifs is 1. The third kappa shape index (κ3) is 4.01. The van der Waals surface area contributed by atoms with Gasteiger partial charge in [-0.3, -0.25) is 4.79 Å². The average molecular weight is 389 g/mol. The zero-order chi connectivity index (χ0) is 19.6. The smallest absolute Gasteiger partial charge is 0.254 e. The molecule has 0 aliphatic carbocycles. The number of nitrogens with zero attached hydrogens (tertiary/aromatic N) is 4. The Balaban J connectivity index is 1.91. The van der Waals surface area contributed by atoms with Gasteiger partial charge >= 0.3 is 0 Å². The number of carbonyl (C=O) groups excluding carboxylic acids is 1. The van der Waals surface area contributed by atoms with Crippen molar-refractivity contribution in [2.45, 2.75) is 26.4 Å². The van der Waals surface area contributed by atoms with E-state index in [1.807, 2.05) is 52.7 Å². The summed E-state index contributed by atoms with van der Waals surface area (Å²) in [5.74, 6) is -0.0506. The molecule has 0 saturated heterocycles. The molecule has 3 rings (SSSR count). The van der Waals surface area contributed by atoms with Crippen LogP contribution in [0.2, 0.25) is 5.28 Å². The molecule has 0 bridgehead atoms. The largest absolute Gasteiger partial charge is 0.383 e. The first kappa shape index (κ1) is 19.5. The first-order chi connectivity index (χ1) is 12.9. The highest BCUT2D eigenvalue weighted by atomic mass is 35.5. The minimum atomic E-state index is -0.0506. The SMILES string of the molecule is COCCN(Cc1cccn1C)C(=O)c1ccc2c(c1)nc(Cl)n2C(C)C. The number of halogens is 1. The second-order valence-corrected chi connectivity index (χ2v) is 7.22. The Morgan fingerprint density at radius 1 is 1.33 bits per heavy atom. The first-order valence-corrected chi connectivity index (χ1v) is 9.36. The summed E-state index contributed by atoms with van der Waals surface area (Å²) < 4.78 is 9.16. The second kappa shape index (κ2) is 8.15. The topological polar surface area (TPSA) is 52.3 Å². The van der Waals surface area contributed by atoms with Crippen LogP contribution in [-0.2, 0) is 18.3 Å². The highest BCUT2D eigenvalue weighted by Gasteiger charge is 2.19. The summed E-state index contributed by atoms with van der Waals surface area (Å²) in [7, 11) is 3.61. The van der Waals surface area contributed by atoms with Crippen LogP contribution in [0.1, 0.15) is 35.9 Å². The van der Waals surface area contributed by atoms with Gasteiger partial charge in [-0.2, -0.15) is 0 Å². The summed E-state index contributed by atoms with van der Waals surface area (Å²) in [6.07, 6.45) is 1.97. The summed E-state index contributed by atoms with van der Waals surface area (Å²) in [4.78, 5) is 19.4. The third-order valence-electron chi connectivity index (χ3n) is 4.67. The maximum atomic E-state index is 13.2. The zero-order valence-electron chi connectivity index (χ0n) is 16.1. The van der Waals surface area contributed by atoms with Crippen LogP contribution in [0.3, 0.4) is 0 Å². The fraction of sp³-hybridized carbons (Fsp3) is 0.400. The van der Waals surface area contributed by atoms with Crippen molar-refractivity contribution < 1.29 is 9.53 Å². The molecule has 2 heterocycles. The van der Waals surface area contributed by atoms with Crippen molar-refractivity contribution in [3.05, 3.63) is 53.1 Å². The van der Waals surface area contributed by atoms with Crippen LogP contribution >= 0.6 is 11.6 Å². The zero-order valence-corrected chi connectivity index (χ0v) is 16.9.